The lowest BCUT2D eigenvalue weighted by atomic mass is 9.97. The maximum Gasteiger partial charge on any atom is 0.144 e. The van der Waals surface area contributed by atoms with Gasteiger partial charge in [0, 0.05) is 46.4 Å². The number of hydrogen-bond donors (Lipinski definition) is 1. The van der Waals surface area contributed by atoms with E-state index in [1.54, 1.807) is 0 Å². The number of aromatic nitrogens is 4. The summed E-state index contributed by atoms with van der Waals surface area (Å²) in [6.45, 7) is 2.11. The normalized spacial score (nSPS) is 11.5. The number of nitrogens with zero attached hydrogens (tertiary/aromatic N) is 4. The van der Waals surface area contributed by atoms with Crippen LogP contribution >= 0.6 is 0 Å². The predicted octanol–water partition coefficient (Wildman–Crippen LogP) is 12.4. The largest absolute Gasteiger partial charge is 0.507 e. The highest BCUT2D eigenvalue weighted by molar-refractivity contribution is 6.09. The lowest BCUT2D eigenvalue weighted by molar-refractivity contribution is 0.478. The van der Waals surface area contributed by atoms with Gasteiger partial charge in [-0.15, -0.1) is 0 Å². The molecule has 0 aliphatic carbocycles. The first-order valence-electron chi connectivity index (χ1n) is 18.5. The molecule has 0 saturated carbocycles. The first-order chi connectivity index (χ1) is 27.0. The Morgan fingerprint density at radius 3 is 1.76 bits per heavy atom. The molecule has 0 amide bonds. The van der Waals surface area contributed by atoms with Crippen LogP contribution in [0.3, 0.4) is 0 Å². The molecule has 0 aliphatic heterocycles. The smallest absolute Gasteiger partial charge is 0.144 e. The van der Waals surface area contributed by atoms with Crippen molar-refractivity contribution in [1.82, 2.24) is 19.1 Å². The fourth-order valence-corrected chi connectivity index (χ4v) is 8.10. The van der Waals surface area contributed by atoms with Crippen molar-refractivity contribution in [1.29, 1.82) is 0 Å². The molecule has 0 bridgehead atoms. The predicted molar refractivity (Wildman–Crippen MR) is 226 cm³/mol. The van der Waals surface area contributed by atoms with Gasteiger partial charge in [-0.1, -0.05) is 127 Å². The summed E-state index contributed by atoms with van der Waals surface area (Å²) in [5, 5.41) is 14.6. The molecule has 0 aliphatic rings. The van der Waals surface area contributed by atoms with Crippen LogP contribution in [0.5, 0.6) is 5.75 Å². The number of phenols is 1. The van der Waals surface area contributed by atoms with E-state index in [1.807, 2.05) is 49.6 Å². The minimum atomic E-state index is 0.192. The minimum absolute atomic E-state index is 0.192. The maximum absolute atomic E-state index is 12.2. The maximum atomic E-state index is 12.2. The Kier molecular flexibility index (Phi) is 7.67. The third kappa shape index (κ3) is 5.40. The van der Waals surface area contributed by atoms with Crippen LogP contribution in [-0.2, 0) is 7.05 Å². The van der Waals surface area contributed by atoms with Crippen molar-refractivity contribution in [3.8, 4) is 67.5 Å². The quantitative estimate of drug-likeness (QED) is 0.187. The molecule has 0 saturated heterocycles. The average molecular weight is 709 g/mol. The topological polar surface area (TPSA) is 55.9 Å². The number of aromatic hydroxyl groups is 1. The van der Waals surface area contributed by atoms with Gasteiger partial charge in [0.05, 0.1) is 33.3 Å². The zero-order valence-electron chi connectivity index (χ0n) is 30.5. The third-order valence-electron chi connectivity index (χ3n) is 10.8. The van der Waals surface area contributed by atoms with Crippen LogP contribution in [0.1, 0.15) is 5.56 Å². The molecule has 5 nitrogen and oxygen atoms in total. The zero-order valence-corrected chi connectivity index (χ0v) is 30.5. The van der Waals surface area contributed by atoms with E-state index in [0.29, 0.717) is 11.4 Å². The van der Waals surface area contributed by atoms with Gasteiger partial charge < -0.3 is 14.2 Å². The van der Waals surface area contributed by atoms with E-state index in [1.165, 1.54) is 21.9 Å². The van der Waals surface area contributed by atoms with Crippen molar-refractivity contribution in [2.24, 2.45) is 7.05 Å². The molecule has 3 aromatic heterocycles. The van der Waals surface area contributed by atoms with Gasteiger partial charge in [0.25, 0.3) is 0 Å². The molecule has 5 heteroatoms. The molecule has 0 spiro atoms. The standard InChI is InChI=1S/C50H36N4O/c1-32-31-51-44(30-41(32)33-15-5-3-6-16-33)36-20-13-19-35(27-36)38-23-14-26-47-48(38)52-50(53(47)2)43-29-37(28-42(49(43)55)34-17-7-4-8-18-34)54-45-24-11-9-21-39(45)40-22-10-12-25-46(40)54/h3-31,55H,1-2H3. The fourth-order valence-electron chi connectivity index (χ4n) is 8.10. The number of benzene rings is 7. The van der Waals surface area contributed by atoms with Crippen molar-refractivity contribution in [3.05, 3.63) is 182 Å². The van der Waals surface area contributed by atoms with E-state index >= 15 is 0 Å². The summed E-state index contributed by atoms with van der Waals surface area (Å²) < 4.78 is 4.39. The highest BCUT2D eigenvalue weighted by Crippen LogP contribution is 2.43. The summed E-state index contributed by atoms with van der Waals surface area (Å²) in [6.07, 6.45) is 1.96. The monoisotopic (exact) mass is 708 g/mol. The Balaban J connectivity index is 1.15. The van der Waals surface area contributed by atoms with Gasteiger partial charge >= 0.3 is 0 Å². The van der Waals surface area contributed by atoms with Gasteiger partial charge in [-0.3, -0.25) is 4.98 Å². The van der Waals surface area contributed by atoms with Crippen molar-refractivity contribution in [3.63, 3.8) is 0 Å². The highest BCUT2D eigenvalue weighted by Gasteiger charge is 2.22. The van der Waals surface area contributed by atoms with Gasteiger partial charge in [-0.2, -0.15) is 0 Å². The Hall–Kier alpha value is -7.24. The fraction of sp³-hybridized carbons (Fsp3) is 0.0400. The average Bonchev–Trinajstić information content (AvgIpc) is 3.76. The van der Waals surface area contributed by atoms with Gasteiger partial charge in [-0.25, -0.2) is 4.98 Å². The SMILES string of the molecule is Cc1cnc(-c2cccc(-c3cccc4c3nc(-c3cc(-n5c6ccccc6c6ccccc65)cc(-c5ccccc5)c3O)n4C)c2)cc1-c1ccccc1. The van der Waals surface area contributed by atoms with Crippen LogP contribution in [0.25, 0.3) is 94.6 Å². The Morgan fingerprint density at radius 1 is 0.491 bits per heavy atom. The van der Waals surface area contributed by atoms with Crippen molar-refractivity contribution in [2.45, 2.75) is 6.92 Å². The molecule has 0 fully saturated rings. The number of rotatable bonds is 6. The lowest BCUT2D eigenvalue weighted by Crippen LogP contribution is -1.99. The number of imidazole rings is 1. The summed E-state index contributed by atoms with van der Waals surface area (Å²) in [4.78, 5) is 10.2. The molecule has 1 N–H and O–H groups in total. The number of pyridine rings is 1. The van der Waals surface area contributed by atoms with Crippen LogP contribution < -0.4 is 0 Å². The van der Waals surface area contributed by atoms with Crippen molar-refractivity contribution >= 4 is 32.8 Å². The molecule has 3 heterocycles. The van der Waals surface area contributed by atoms with E-state index in [-0.39, 0.29) is 5.75 Å². The van der Waals surface area contributed by atoms with Gasteiger partial charge in [0.1, 0.15) is 11.6 Å². The van der Waals surface area contributed by atoms with Crippen LogP contribution in [0.2, 0.25) is 0 Å². The van der Waals surface area contributed by atoms with Crippen LogP contribution in [0, 0.1) is 6.92 Å². The molecule has 7 aromatic carbocycles. The molecule has 0 atom stereocenters. The third-order valence-corrected chi connectivity index (χ3v) is 10.8. The van der Waals surface area contributed by atoms with E-state index in [0.717, 1.165) is 66.8 Å². The van der Waals surface area contributed by atoms with Gasteiger partial charge in [-0.05, 0) is 77.2 Å². The molecule has 10 aromatic rings. The molecule has 0 unspecified atom stereocenters. The Bertz CT molecular complexity index is 3010. The summed E-state index contributed by atoms with van der Waals surface area (Å²) in [7, 11) is 2.03. The molecule has 0 radical (unpaired) electrons. The van der Waals surface area contributed by atoms with Crippen LogP contribution in [-0.4, -0.2) is 24.2 Å². The summed E-state index contributed by atoms with van der Waals surface area (Å²) >= 11 is 0. The Labute approximate surface area is 319 Å². The molecular formula is C50H36N4O. The number of fused-ring (bicyclic) bond motifs is 4. The molecular weight excluding hydrogens is 673 g/mol. The van der Waals surface area contributed by atoms with E-state index in [9.17, 15) is 5.11 Å². The first-order valence-corrected chi connectivity index (χ1v) is 18.5. The van der Waals surface area contributed by atoms with Gasteiger partial charge in [0.2, 0.25) is 0 Å². The van der Waals surface area contributed by atoms with Crippen molar-refractivity contribution < 1.29 is 5.11 Å². The summed E-state index contributed by atoms with van der Waals surface area (Å²) in [5.41, 5.74) is 14.8. The number of para-hydroxylation sites is 3. The summed E-state index contributed by atoms with van der Waals surface area (Å²) in [5.74, 6) is 0.876. The minimum Gasteiger partial charge on any atom is -0.507 e. The second-order valence-electron chi connectivity index (χ2n) is 14.1. The second kappa shape index (κ2) is 13.0. The van der Waals surface area contributed by atoms with E-state index in [4.69, 9.17) is 9.97 Å². The summed E-state index contributed by atoms with van der Waals surface area (Å²) in [6, 6.07) is 58.7. The Morgan fingerprint density at radius 2 is 1.05 bits per heavy atom. The second-order valence-corrected chi connectivity index (χ2v) is 14.1. The number of aryl methyl sites for hydroxylation is 2. The lowest BCUT2D eigenvalue weighted by Gasteiger charge is -2.16. The molecule has 55 heavy (non-hydrogen) atoms. The van der Waals surface area contributed by atoms with Gasteiger partial charge in [0.15, 0.2) is 0 Å². The first kappa shape index (κ1) is 32.4. The van der Waals surface area contributed by atoms with E-state index in [2.05, 4.69) is 150 Å². The van der Waals surface area contributed by atoms with Crippen LogP contribution in [0.15, 0.2) is 176 Å². The van der Waals surface area contributed by atoms with Crippen LogP contribution in [0.4, 0.5) is 0 Å². The highest BCUT2D eigenvalue weighted by atomic mass is 16.3. The van der Waals surface area contributed by atoms with E-state index < -0.39 is 0 Å². The number of hydrogen-bond acceptors (Lipinski definition) is 3. The van der Waals surface area contributed by atoms with Crippen molar-refractivity contribution in [2.75, 3.05) is 0 Å². The number of phenolic OH excluding ortho intramolecular Hbond substituents is 1. The zero-order chi connectivity index (χ0) is 37.0. The molecule has 262 valence electrons. The molecule has 10 rings (SSSR count).